The number of hydrogen-bond acceptors (Lipinski definition) is 11. The summed E-state index contributed by atoms with van der Waals surface area (Å²) >= 11 is 0. The molecule has 2 fully saturated rings. The van der Waals surface area contributed by atoms with Crippen molar-refractivity contribution in [1.82, 2.24) is 24.6 Å². The first-order chi connectivity index (χ1) is 31.6. The zero-order chi connectivity index (χ0) is 45.7. The summed E-state index contributed by atoms with van der Waals surface area (Å²) in [5.74, 6) is 2.15. The molecule has 346 valence electrons. The summed E-state index contributed by atoms with van der Waals surface area (Å²) in [6, 6.07) is 21.8. The second kappa shape index (κ2) is 20.0. The number of fused-ring (bicyclic) bond motifs is 3. The van der Waals surface area contributed by atoms with Crippen LogP contribution in [0.2, 0.25) is 0 Å². The molecule has 4 aliphatic rings. The number of pyridine rings is 1. The quantitative estimate of drug-likeness (QED) is 0.142. The lowest BCUT2D eigenvalue weighted by Crippen LogP contribution is -2.63. The highest BCUT2D eigenvalue weighted by atomic mass is 16.6. The van der Waals surface area contributed by atoms with Gasteiger partial charge in [-0.05, 0) is 103 Å². The van der Waals surface area contributed by atoms with Crippen LogP contribution in [0.4, 0.5) is 10.5 Å². The van der Waals surface area contributed by atoms with Gasteiger partial charge in [0.2, 0.25) is 11.8 Å². The third-order valence-corrected chi connectivity index (χ3v) is 14.4. The van der Waals surface area contributed by atoms with Crippen molar-refractivity contribution in [3.63, 3.8) is 0 Å². The fourth-order valence-electron chi connectivity index (χ4n) is 11.1. The molecule has 3 aliphatic heterocycles. The second-order valence-corrected chi connectivity index (χ2v) is 17.6. The molecule has 1 saturated carbocycles. The minimum Gasteiger partial charge on any atom is -0.493 e. The van der Waals surface area contributed by atoms with Crippen LogP contribution in [0.3, 0.4) is 0 Å². The molecule has 3 aromatic carbocycles. The first-order valence-corrected chi connectivity index (χ1v) is 23.0. The zero-order valence-corrected chi connectivity index (χ0v) is 38.8. The smallest absolute Gasteiger partial charge is 0.409 e. The van der Waals surface area contributed by atoms with Crippen LogP contribution in [0.25, 0.3) is 0 Å². The number of nitrogens with zero attached hydrogens (tertiary/aromatic N) is 6. The maximum atomic E-state index is 15.2. The molecule has 1 spiro atoms. The third kappa shape index (κ3) is 9.01. The number of aromatic nitrogens is 1. The van der Waals surface area contributed by atoms with E-state index in [1.54, 1.807) is 35.5 Å². The number of ether oxygens (including phenoxy) is 5. The van der Waals surface area contributed by atoms with Gasteiger partial charge in [-0.25, -0.2) is 4.79 Å². The molecule has 1 aromatic heterocycles. The first-order valence-electron chi connectivity index (χ1n) is 23.0. The average molecular weight is 889 g/mol. The van der Waals surface area contributed by atoms with E-state index in [-0.39, 0.29) is 49.3 Å². The van der Waals surface area contributed by atoms with Crippen LogP contribution in [-0.4, -0.2) is 130 Å². The number of carbonyl (C=O) groups is 3. The minimum atomic E-state index is -0.854. The van der Waals surface area contributed by atoms with Crippen molar-refractivity contribution >= 4 is 23.6 Å². The Kier molecular flexibility index (Phi) is 14.0. The summed E-state index contributed by atoms with van der Waals surface area (Å²) in [6.45, 7) is 7.28. The lowest BCUT2D eigenvalue weighted by Gasteiger charge is -2.60. The number of benzene rings is 3. The topological polar surface area (TPSA) is 126 Å². The van der Waals surface area contributed by atoms with E-state index in [4.69, 9.17) is 23.7 Å². The fourth-order valence-corrected chi connectivity index (χ4v) is 11.1. The van der Waals surface area contributed by atoms with Crippen LogP contribution in [0.1, 0.15) is 66.5 Å². The van der Waals surface area contributed by atoms with Gasteiger partial charge in [-0.15, -0.1) is 0 Å². The van der Waals surface area contributed by atoms with Gasteiger partial charge < -0.3 is 43.3 Å². The van der Waals surface area contributed by atoms with Crippen molar-refractivity contribution in [2.45, 2.75) is 63.6 Å². The second-order valence-electron chi connectivity index (χ2n) is 17.6. The first kappa shape index (κ1) is 45.5. The number of amides is 3. The Balaban J connectivity index is 1.19. The van der Waals surface area contributed by atoms with E-state index < -0.39 is 11.6 Å². The highest BCUT2D eigenvalue weighted by molar-refractivity contribution is 5.81. The standard InChI is InChI=1S/C51H64N6O8/c1-7-54-23-16-36-30-43(61-3)45(63-5)32-40(36)48(54)42-29-38(49(59)56-27-25-55(26-28-56)39-14-20-52-21-15-39)13-19-51(42)41-33-46(64-6)44(62-4)31-37(41)17-24-57(51)47(58)18-22-53(2)50(60)65-34-35-11-9-8-10-12-35/h8-12,14-15,20-21,30-33,38,42,48H,7,13,16-19,22-29,34H2,1-6H3. The lowest BCUT2D eigenvalue weighted by molar-refractivity contribution is -0.153. The monoisotopic (exact) mass is 888 g/mol. The number of rotatable bonds is 13. The highest BCUT2D eigenvalue weighted by Gasteiger charge is 2.58. The van der Waals surface area contributed by atoms with Crippen molar-refractivity contribution < 1.29 is 38.1 Å². The molecule has 8 rings (SSSR count). The molecule has 65 heavy (non-hydrogen) atoms. The van der Waals surface area contributed by atoms with Crippen LogP contribution >= 0.6 is 0 Å². The predicted molar refractivity (Wildman–Crippen MR) is 248 cm³/mol. The van der Waals surface area contributed by atoms with Gasteiger partial charge in [0.05, 0.1) is 34.0 Å². The summed E-state index contributed by atoms with van der Waals surface area (Å²) < 4.78 is 29.3. The number of methoxy groups -OCH3 is 4. The Morgan fingerprint density at radius 2 is 1.43 bits per heavy atom. The number of carbonyl (C=O) groups excluding carboxylic acids is 3. The van der Waals surface area contributed by atoms with Crippen LogP contribution in [0.15, 0.2) is 79.1 Å². The average Bonchev–Trinajstić information content (AvgIpc) is 3.36. The van der Waals surface area contributed by atoms with Crippen LogP contribution < -0.4 is 23.8 Å². The molecule has 4 atom stereocenters. The molecular formula is C51H64N6O8. The molecule has 14 nitrogen and oxygen atoms in total. The van der Waals surface area contributed by atoms with Crippen molar-refractivity contribution in [2.24, 2.45) is 11.8 Å². The fraction of sp³-hybridized carbons (Fsp3) is 0.490. The molecule has 0 bridgehead atoms. The molecule has 1 aliphatic carbocycles. The molecule has 4 heterocycles. The Morgan fingerprint density at radius 3 is 2.11 bits per heavy atom. The molecule has 4 aromatic rings. The summed E-state index contributed by atoms with van der Waals surface area (Å²) in [5.41, 5.74) is 5.56. The Labute approximate surface area is 383 Å². The van der Waals surface area contributed by atoms with Gasteiger partial charge in [-0.1, -0.05) is 37.3 Å². The van der Waals surface area contributed by atoms with Gasteiger partial charge in [0.1, 0.15) is 6.61 Å². The van der Waals surface area contributed by atoms with Crippen LogP contribution in [0, 0.1) is 11.8 Å². The Morgan fingerprint density at radius 1 is 0.785 bits per heavy atom. The SMILES string of the molecule is CCN1CCc2cc(OC)c(OC)cc2C1C1CC(C(=O)N2CCN(c3ccncc3)CC2)CCC12c1cc(OC)c(OC)cc1CCN2C(=O)CCN(C)C(=O)OCc1ccccc1. The molecule has 1 saturated heterocycles. The number of likely N-dealkylation sites (N-methyl/N-ethyl adjacent to an activating group) is 1. The minimum absolute atomic E-state index is 0.0541. The normalized spacial score (nSPS) is 21.8. The van der Waals surface area contributed by atoms with E-state index in [0.717, 1.165) is 60.5 Å². The van der Waals surface area contributed by atoms with Crippen molar-refractivity contribution in [1.29, 1.82) is 0 Å². The Hall–Kier alpha value is -6.02. The van der Waals surface area contributed by atoms with Gasteiger partial charge in [0, 0.05) is 95.2 Å². The molecule has 4 unspecified atom stereocenters. The summed E-state index contributed by atoms with van der Waals surface area (Å²) in [7, 11) is 8.30. The van der Waals surface area contributed by atoms with E-state index in [0.29, 0.717) is 68.3 Å². The summed E-state index contributed by atoms with van der Waals surface area (Å²) in [4.78, 5) is 58.1. The molecular weight excluding hydrogens is 825 g/mol. The van der Waals surface area contributed by atoms with E-state index in [9.17, 15) is 9.59 Å². The maximum absolute atomic E-state index is 15.2. The van der Waals surface area contributed by atoms with Crippen LogP contribution in [-0.2, 0) is 39.3 Å². The van der Waals surface area contributed by atoms with E-state index >= 15 is 4.79 Å². The van der Waals surface area contributed by atoms with Gasteiger partial charge in [-0.3, -0.25) is 19.5 Å². The number of piperazine rings is 1. The van der Waals surface area contributed by atoms with Gasteiger partial charge >= 0.3 is 6.09 Å². The van der Waals surface area contributed by atoms with E-state index in [1.807, 2.05) is 54.9 Å². The van der Waals surface area contributed by atoms with Gasteiger partial charge in [0.15, 0.2) is 23.0 Å². The highest BCUT2D eigenvalue weighted by Crippen LogP contribution is 2.59. The molecule has 14 heteroatoms. The number of hydrogen-bond donors (Lipinski definition) is 0. The van der Waals surface area contributed by atoms with Crippen LogP contribution in [0.5, 0.6) is 23.0 Å². The van der Waals surface area contributed by atoms with Crippen molar-refractivity contribution in [3.05, 3.63) is 107 Å². The largest absolute Gasteiger partial charge is 0.493 e. The van der Waals surface area contributed by atoms with Crippen molar-refractivity contribution in [2.75, 3.05) is 92.7 Å². The maximum Gasteiger partial charge on any atom is 0.409 e. The van der Waals surface area contributed by atoms with Crippen molar-refractivity contribution in [3.8, 4) is 23.0 Å². The predicted octanol–water partition coefficient (Wildman–Crippen LogP) is 6.74. The lowest BCUT2D eigenvalue weighted by atomic mass is 9.58. The van der Waals surface area contributed by atoms with Gasteiger partial charge in [0.25, 0.3) is 0 Å². The van der Waals surface area contributed by atoms with E-state index in [1.165, 1.54) is 10.5 Å². The Bertz CT molecular complexity index is 2310. The van der Waals surface area contributed by atoms with Gasteiger partial charge in [-0.2, -0.15) is 0 Å². The third-order valence-electron chi connectivity index (χ3n) is 14.4. The zero-order valence-electron chi connectivity index (χ0n) is 38.8. The molecule has 0 radical (unpaired) electrons. The molecule has 0 N–H and O–H groups in total. The summed E-state index contributed by atoms with van der Waals surface area (Å²) in [6.07, 6.45) is 6.37. The number of anilines is 1. The molecule has 3 amide bonds. The van der Waals surface area contributed by atoms with E-state index in [2.05, 4.69) is 55.8 Å². The summed E-state index contributed by atoms with van der Waals surface area (Å²) in [5, 5.41) is 0.